The second-order valence-electron chi connectivity index (χ2n) is 11.2. The van der Waals surface area contributed by atoms with Crippen LogP contribution in [0.15, 0.2) is 22.9 Å². The topological polar surface area (TPSA) is 87.3 Å². The molecule has 2 fully saturated rings. The van der Waals surface area contributed by atoms with Crippen LogP contribution in [0.25, 0.3) is 10.9 Å². The molecule has 2 saturated heterocycles. The first-order valence-corrected chi connectivity index (χ1v) is 14.7. The number of nitrogens with zero attached hydrogens (tertiary/aromatic N) is 6. The number of benzene rings is 1. The Morgan fingerprint density at radius 3 is 2.82 bits per heavy atom. The molecule has 5 rings (SSSR count). The van der Waals surface area contributed by atoms with Gasteiger partial charge in [0.05, 0.1) is 30.1 Å². The highest BCUT2D eigenvalue weighted by Gasteiger charge is 2.29. The monoisotopic (exact) mass is 606 g/mol. The molecular weight excluding hydrogens is 572 g/mol. The third-order valence-electron chi connectivity index (χ3n) is 7.15. The maximum atomic E-state index is 12.5. The minimum atomic E-state index is -0.500. The number of ether oxygens (including phenoxy) is 2. The zero-order chi connectivity index (χ0) is 26.9. The summed E-state index contributed by atoms with van der Waals surface area (Å²) >= 11 is 10.5. The SMILES string of the molecule is CC(C)(C)OC(=O)N1CCCC(c2cnn(CCCc3c(Cl)cc4c(cnn4C4CCCCO4)c3Br)n2)C1. The van der Waals surface area contributed by atoms with Crippen LogP contribution in [-0.2, 0) is 22.4 Å². The third kappa shape index (κ3) is 6.18. The van der Waals surface area contributed by atoms with Crippen molar-refractivity contribution in [2.45, 2.75) is 90.0 Å². The number of aryl methyl sites for hydroxylation is 1. The zero-order valence-electron chi connectivity index (χ0n) is 22.3. The Morgan fingerprint density at radius 1 is 1.21 bits per heavy atom. The van der Waals surface area contributed by atoms with Crippen LogP contribution in [0.1, 0.15) is 82.7 Å². The van der Waals surface area contributed by atoms with E-state index >= 15 is 0 Å². The summed E-state index contributed by atoms with van der Waals surface area (Å²) in [4.78, 5) is 16.1. The molecule has 2 aromatic heterocycles. The van der Waals surface area contributed by atoms with E-state index in [1.807, 2.05) is 43.9 Å². The van der Waals surface area contributed by atoms with Crippen LogP contribution in [0.5, 0.6) is 0 Å². The van der Waals surface area contributed by atoms with Gasteiger partial charge in [-0.2, -0.15) is 20.1 Å². The highest BCUT2D eigenvalue weighted by atomic mass is 79.9. The van der Waals surface area contributed by atoms with Gasteiger partial charge in [0, 0.05) is 40.5 Å². The number of hydrogen-bond acceptors (Lipinski definition) is 6. The molecule has 0 N–H and O–H groups in total. The number of amides is 1. The molecule has 0 radical (unpaired) electrons. The second kappa shape index (κ2) is 11.5. The molecule has 2 atom stereocenters. The van der Waals surface area contributed by atoms with Crippen molar-refractivity contribution < 1.29 is 14.3 Å². The van der Waals surface area contributed by atoms with Gasteiger partial charge in [0.25, 0.3) is 0 Å². The van der Waals surface area contributed by atoms with Crippen molar-refractivity contribution >= 4 is 44.5 Å². The Bertz CT molecular complexity index is 1280. The predicted octanol–water partition coefficient (Wildman–Crippen LogP) is 6.49. The van der Waals surface area contributed by atoms with Crippen LogP contribution in [0.2, 0.25) is 5.02 Å². The molecule has 2 unspecified atom stereocenters. The largest absolute Gasteiger partial charge is 0.444 e. The maximum absolute atomic E-state index is 12.5. The molecule has 2 aliphatic heterocycles. The lowest BCUT2D eigenvalue weighted by molar-refractivity contribution is -0.0366. The molecule has 0 aliphatic carbocycles. The summed E-state index contributed by atoms with van der Waals surface area (Å²) in [7, 11) is 0. The number of halogens is 2. The van der Waals surface area contributed by atoms with E-state index in [2.05, 4.69) is 26.1 Å². The van der Waals surface area contributed by atoms with Gasteiger partial charge in [-0.05, 0) is 93.3 Å². The van der Waals surface area contributed by atoms with E-state index in [0.29, 0.717) is 19.6 Å². The molecule has 11 heteroatoms. The predicted molar refractivity (Wildman–Crippen MR) is 149 cm³/mol. The number of hydrogen-bond donors (Lipinski definition) is 0. The standard InChI is InChI=1S/C27H36BrClN6O3/c1-27(2,3)38-26(36)33-11-6-8-18(17-33)22-16-30-34(32-22)12-7-9-19-21(29)14-23-20(25(19)28)15-31-35(23)24-10-4-5-13-37-24/h14-16,18,24H,4-13,17H2,1-3H3. The van der Waals surface area contributed by atoms with Gasteiger partial charge in [-0.3, -0.25) is 0 Å². The van der Waals surface area contributed by atoms with Crippen molar-refractivity contribution in [3.63, 3.8) is 0 Å². The number of fused-ring (bicyclic) bond motifs is 1. The molecule has 1 aromatic carbocycles. The average molecular weight is 608 g/mol. The molecule has 9 nitrogen and oxygen atoms in total. The molecule has 38 heavy (non-hydrogen) atoms. The summed E-state index contributed by atoms with van der Waals surface area (Å²) in [6.07, 6.45) is 10.2. The molecule has 206 valence electrons. The molecule has 3 aromatic rings. The number of carbonyl (C=O) groups excluding carboxylic acids is 1. The van der Waals surface area contributed by atoms with E-state index in [4.69, 9.17) is 26.2 Å². The second-order valence-corrected chi connectivity index (χ2v) is 12.4. The van der Waals surface area contributed by atoms with Gasteiger partial charge in [0.15, 0.2) is 6.23 Å². The Morgan fingerprint density at radius 2 is 2.05 bits per heavy atom. The number of likely N-dealkylation sites (tertiary alicyclic amines) is 1. The van der Waals surface area contributed by atoms with Crippen molar-refractivity contribution in [3.05, 3.63) is 39.2 Å². The Balaban J connectivity index is 1.20. The van der Waals surface area contributed by atoms with Gasteiger partial charge < -0.3 is 14.4 Å². The van der Waals surface area contributed by atoms with Gasteiger partial charge in [-0.25, -0.2) is 9.48 Å². The summed E-state index contributed by atoms with van der Waals surface area (Å²) < 4.78 is 14.4. The fraction of sp³-hybridized carbons (Fsp3) is 0.630. The lowest BCUT2D eigenvalue weighted by Crippen LogP contribution is -2.42. The molecule has 0 saturated carbocycles. The number of aromatic nitrogens is 5. The van der Waals surface area contributed by atoms with Crippen LogP contribution in [-0.4, -0.2) is 61.1 Å². The van der Waals surface area contributed by atoms with Crippen molar-refractivity contribution in [1.82, 2.24) is 29.7 Å². The van der Waals surface area contributed by atoms with Gasteiger partial charge in [-0.1, -0.05) is 11.6 Å². The fourth-order valence-corrected chi connectivity index (χ4v) is 6.37. The van der Waals surface area contributed by atoms with E-state index in [1.54, 1.807) is 9.70 Å². The van der Waals surface area contributed by atoms with Crippen molar-refractivity contribution in [3.8, 4) is 0 Å². The highest BCUT2D eigenvalue weighted by Crippen LogP contribution is 2.36. The Labute approximate surface area is 236 Å². The first-order chi connectivity index (χ1) is 18.2. The Hall–Kier alpha value is -2.17. The van der Waals surface area contributed by atoms with E-state index in [0.717, 1.165) is 83.2 Å². The van der Waals surface area contributed by atoms with Gasteiger partial charge in [0.2, 0.25) is 0 Å². The molecule has 2 aliphatic rings. The minimum absolute atomic E-state index is 0.0319. The number of carbonyl (C=O) groups is 1. The van der Waals surface area contributed by atoms with E-state index in [1.165, 1.54) is 0 Å². The van der Waals surface area contributed by atoms with Gasteiger partial charge in [0.1, 0.15) is 5.60 Å². The number of piperidine rings is 1. The summed E-state index contributed by atoms with van der Waals surface area (Å²) in [5.74, 6) is 0.167. The average Bonchev–Trinajstić information content (AvgIpc) is 3.53. The first kappa shape index (κ1) is 27.4. The number of rotatable bonds is 6. The highest BCUT2D eigenvalue weighted by molar-refractivity contribution is 9.10. The lowest BCUT2D eigenvalue weighted by atomic mass is 9.96. The summed E-state index contributed by atoms with van der Waals surface area (Å²) in [6, 6.07) is 2.01. The van der Waals surface area contributed by atoms with Crippen molar-refractivity contribution in [2.24, 2.45) is 0 Å². The zero-order valence-corrected chi connectivity index (χ0v) is 24.7. The van der Waals surface area contributed by atoms with Crippen LogP contribution in [0.4, 0.5) is 4.79 Å². The molecule has 4 heterocycles. The normalized spacial score (nSPS) is 20.7. The molecule has 0 spiro atoms. The molecular formula is C27H36BrClN6O3. The quantitative estimate of drug-likeness (QED) is 0.318. The van der Waals surface area contributed by atoms with E-state index in [9.17, 15) is 4.79 Å². The van der Waals surface area contributed by atoms with Crippen LogP contribution in [0, 0.1) is 0 Å². The lowest BCUT2D eigenvalue weighted by Gasteiger charge is -2.33. The smallest absolute Gasteiger partial charge is 0.410 e. The van der Waals surface area contributed by atoms with E-state index in [-0.39, 0.29) is 18.2 Å². The first-order valence-electron chi connectivity index (χ1n) is 13.5. The van der Waals surface area contributed by atoms with Crippen LogP contribution >= 0.6 is 27.5 Å². The summed E-state index contributed by atoms with van der Waals surface area (Å²) in [5.41, 5.74) is 2.48. The van der Waals surface area contributed by atoms with Crippen molar-refractivity contribution in [2.75, 3.05) is 19.7 Å². The Kier molecular flexibility index (Phi) is 8.30. The van der Waals surface area contributed by atoms with Gasteiger partial charge >= 0.3 is 6.09 Å². The molecule has 1 amide bonds. The van der Waals surface area contributed by atoms with Crippen LogP contribution in [0.3, 0.4) is 0 Å². The van der Waals surface area contributed by atoms with E-state index < -0.39 is 5.60 Å². The minimum Gasteiger partial charge on any atom is -0.444 e. The summed E-state index contributed by atoms with van der Waals surface area (Å²) in [6.45, 7) is 8.44. The van der Waals surface area contributed by atoms with Crippen LogP contribution < -0.4 is 0 Å². The molecule has 0 bridgehead atoms. The fourth-order valence-electron chi connectivity index (χ4n) is 5.25. The van der Waals surface area contributed by atoms with Gasteiger partial charge in [-0.15, -0.1) is 0 Å². The van der Waals surface area contributed by atoms with Crippen molar-refractivity contribution in [1.29, 1.82) is 0 Å². The summed E-state index contributed by atoms with van der Waals surface area (Å²) in [5, 5.41) is 15.6. The third-order valence-corrected chi connectivity index (χ3v) is 8.39. The maximum Gasteiger partial charge on any atom is 0.410 e.